The Bertz CT molecular complexity index is 1160. The van der Waals surface area contributed by atoms with Crippen LogP contribution in [0.4, 0.5) is 5.69 Å². The summed E-state index contributed by atoms with van der Waals surface area (Å²) in [5.41, 5.74) is 3.27. The van der Waals surface area contributed by atoms with E-state index < -0.39 is 0 Å². The Morgan fingerprint density at radius 1 is 1.00 bits per heavy atom. The van der Waals surface area contributed by atoms with Gasteiger partial charge >= 0.3 is 0 Å². The zero-order chi connectivity index (χ0) is 24.2. The maximum atomic E-state index is 13.3. The SMILES string of the molecule is COc1ccc(-n2c(SCC(=O)N3CCCc4ccccc43)nnc2C(C)N2CCCCC2)cc1. The molecule has 0 aliphatic carbocycles. The van der Waals surface area contributed by atoms with E-state index in [1.54, 1.807) is 7.11 Å². The van der Waals surface area contributed by atoms with E-state index in [0.717, 1.165) is 60.6 Å². The minimum absolute atomic E-state index is 0.108. The van der Waals surface area contributed by atoms with Gasteiger partial charge in [-0.25, -0.2) is 0 Å². The predicted octanol–water partition coefficient (Wildman–Crippen LogP) is 4.89. The molecule has 2 aliphatic heterocycles. The highest BCUT2D eigenvalue weighted by molar-refractivity contribution is 7.99. The summed E-state index contributed by atoms with van der Waals surface area (Å²) in [5.74, 6) is 2.15. The average Bonchev–Trinajstić information content (AvgIpc) is 3.35. The van der Waals surface area contributed by atoms with Crippen LogP contribution in [0, 0.1) is 0 Å². The van der Waals surface area contributed by atoms with E-state index in [1.165, 1.54) is 36.6 Å². The largest absolute Gasteiger partial charge is 0.497 e. The van der Waals surface area contributed by atoms with Crippen molar-refractivity contribution in [3.63, 3.8) is 0 Å². The van der Waals surface area contributed by atoms with Crippen molar-refractivity contribution >= 4 is 23.4 Å². The van der Waals surface area contributed by atoms with Crippen LogP contribution in [0.2, 0.25) is 0 Å². The van der Waals surface area contributed by atoms with E-state index >= 15 is 0 Å². The van der Waals surface area contributed by atoms with Crippen molar-refractivity contribution in [3.8, 4) is 11.4 Å². The quantitative estimate of drug-likeness (QED) is 0.439. The van der Waals surface area contributed by atoms with E-state index in [9.17, 15) is 4.79 Å². The molecule has 1 aromatic heterocycles. The number of aryl methyl sites for hydroxylation is 1. The molecule has 3 heterocycles. The van der Waals surface area contributed by atoms with Gasteiger partial charge in [0, 0.05) is 17.9 Å². The normalized spacial score (nSPS) is 17.1. The highest BCUT2D eigenvalue weighted by Crippen LogP contribution is 2.32. The number of hydrogen-bond donors (Lipinski definition) is 0. The Hall–Kier alpha value is -2.84. The van der Waals surface area contributed by atoms with Crippen LogP contribution in [0.25, 0.3) is 5.69 Å². The van der Waals surface area contributed by atoms with Gasteiger partial charge < -0.3 is 9.64 Å². The molecule has 0 N–H and O–H groups in total. The van der Waals surface area contributed by atoms with Gasteiger partial charge in [0.05, 0.1) is 18.9 Å². The number of rotatable bonds is 7. The van der Waals surface area contributed by atoms with Crippen molar-refractivity contribution in [2.24, 2.45) is 0 Å². The molecule has 2 aromatic carbocycles. The smallest absolute Gasteiger partial charge is 0.237 e. The third-order valence-electron chi connectivity index (χ3n) is 7.04. The molecule has 0 spiro atoms. The fourth-order valence-corrected chi connectivity index (χ4v) is 5.92. The van der Waals surface area contributed by atoms with Gasteiger partial charge in [-0.05, 0) is 81.6 Å². The number of carbonyl (C=O) groups excluding carboxylic acids is 1. The average molecular weight is 492 g/mol. The number of carbonyl (C=O) groups is 1. The first kappa shape index (κ1) is 23.9. The van der Waals surface area contributed by atoms with Crippen LogP contribution >= 0.6 is 11.8 Å². The zero-order valence-corrected chi connectivity index (χ0v) is 21.3. The second-order valence-electron chi connectivity index (χ2n) is 9.21. The fourth-order valence-electron chi connectivity index (χ4n) is 5.09. The highest BCUT2D eigenvalue weighted by atomic mass is 32.2. The van der Waals surface area contributed by atoms with Crippen LogP contribution in [0.15, 0.2) is 53.7 Å². The number of para-hydroxylation sites is 1. The first-order valence-corrected chi connectivity index (χ1v) is 13.5. The summed E-state index contributed by atoms with van der Waals surface area (Å²) in [5, 5.41) is 9.93. The Morgan fingerprint density at radius 2 is 1.77 bits per heavy atom. The molecule has 5 rings (SSSR count). The number of thioether (sulfide) groups is 1. The number of aromatic nitrogens is 3. The molecule has 7 nitrogen and oxygen atoms in total. The molecular formula is C27H33N5O2S. The van der Waals surface area contributed by atoms with Crippen LogP contribution in [0.1, 0.15) is 50.0 Å². The van der Waals surface area contributed by atoms with Crippen molar-refractivity contribution in [2.75, 3.05) is 37.4 Å². The minimum Gasteiger partial charge on any atom is -0.497 e. The van der Waals surface area contributed by atoms with Gasteiger partial charge in [0.2, 0.25) is 5.91 Å². The monoisotopic (exact) mass is 491 g/mol. The van der Waals surface area contributed by atoms with Gasteiger partial charge in [0.1, 0.15) is 5.75 Å². The van der Waals surface area contributed by atoms with E-state index in [4.69, 9.17) is 4.74 Å². The zero-order valence-electron chi connectivity index (χ0n) is 20.5. The van der Waals surface area contributed by atoms with Gasteiger partial charge in [-0.1, -0.05) is 36.4 Å². The number of piperidine rings is 1. The topological polar surface area (TPSA) is 63.5 Å². The fraction of sp³-hybridized carbons (Fsp3) is 0.444. The molecule has 8 heteroatoms. The number of benzene rings is 2. The summed E-state index contributed by atoms with van der Waals surface area (Å²) in [4.78, 5) is 17.7. The van der Waals surface area contributed by atoms with E-state index in [2.05, 4.69) is 38.7 Å². The van der Waals surface area contributed by atoms with Crippen molar-refractivity contribution in [1.29, 1.82) is 0 Å². The number of methoxy groups -OCH3 is 1. The number of ether oxygens (including phenoxy) is 1. The Morgan fingerprint density at radius 3 is 2.54 bits per heavy atom. The number of hydrogen-bond acceptors (Lipinski definition) is 6. The second-order valence-corrected chi connectivity index (χ2v) is 10.2. The van der Waals surface area contributed by atoms with Gasteiger partial charge in [0.25, 0.3) is 0 Å². The van der Waals surface area contributed by atoms with Crippen molar-refractivity contribution in [3.05, 3.63) is 59.9 Å². The molecular weight excluding hydrogens is 458 g/mol. The first-order valence-electron chi connectivity index (χ1n) is 12.5. The molecule has 0 saturated carbocycles. The number of anilines is 1. The van der Waals surface area contributed by atoms with Gasteiger partial charge in [-0.3, -0.25) is 14.3 Å². The number of nitrogens with zero attached hydrogens (tertiary/aromatic N) is 5. The maximum Gasteiger partial charge on any atom is 0.237 e. The Balaban J connectivity index is 1.40. The van der Waals surface area contributed by atoms with E-state index in [0.29, 0.717) is 5.75 Å². The number of fused-ring (bicyclic) bond motifs is 1. The van der Waals surface area contributed by atoms with Crippen LogP contribution < -0.4 is 9.64 Å². The summed E-state index contributed by atoms with van der Waals surface area (Å²) in [6.45, 7) is 5.12. The molecule has 3 aromatic rings. The summed E-state index contributed by atoms with van der Waals surface area (Å²) in [7, 11) is 1.67. The highest BCUT2D eigenvalue weighted by Gasteiger charge is 2.27. The summed E-state index contributed by atoms with van der Waals surface area (Å²) < 4.78 is 7.47. The molecule has 184 valence electrons. The molecule has 1 atom stereocenters. The third-order valence-corrected chi connectivity index (χ3v) is 7.95. The lowest BCUT2D eigenvalue weighted by Gasteiger charge is -2.32. The first-order chi connectivity index (χ1) is 17.2. The van der Waals surface area contributed by atoms with Gasteiger partial charge in [-0.15, -0.1) is 10.2 Å². The molecule has 2 aliphatic rings. The van der Waals surface area contributed by atoms with E-state index in [-0.39, 0.29) is 11.9 Å². The van der Waals surface area contributed by atoms with E-state index in [1.807, 2.05) is 41.3 Å². The maximum absolute atomic E-state index is 13.3. The number of likely N-dealkylation sites (tertiary alicyclic amines) is 1. The molecule has 35 heavy (non-hydrogen) atoms. The van der Waals surface area contributed by atoms with Crippen molar-refractivity contribution in [1.82, 2.24) is 19.7 Å². The Kier molecular flexibility index (Phi) is 7.39. The second kappa shape index (κ2) is 10.8. The van der Waals surface area contributed by atoms with Gasteiger partial charge in [0.15, 0.2) is 11.0 Å². The van der Waals surface area contributed by atoms with Crippen LogP contribution in [-0.4, -0.2) is 58.1 Å². The lowest BCUT2D eigenvalue weighted by atomic mass is 10.0. The predicted molar refractivity (Wildman–Crippen MR) is 140 cm³/mol. The van der Waals surface area contributed by atoms with Crippen LogP contribution in [-0.2, 0) is 11.2 Å². The van der Waals surface area contributed by atoms with Crippen molar-refractivity contribution < 1.29 is 9.53 Å². The lowest BCUT2D eigenvalue weighted by Crippen LogP contribution is -2.36. The summed E-state index contributed by atoms with van der Waals surface area (Å²) in [6, 6.07) is 16.3. The van der Waals surface area contributed by atoms with Crippen LogP contribution in [0.5, 0.6) is 5.75 Å². The lowest BCUT2D eigenvalue weighted by molar-refractivity contribution is -0.116. The molecule has 1 saturated heterocycles. The summed E-state index contributed by atoms with van der Waals surface area (Å²) >= 11 is 1.46. The van der Waals surface area contributed by atoms with Gasteiger partial charge in [-0.2, -0.15) is 0 Å². The molecule has 1 fully saturated rings. The Labute approximate surface area is 211 Å². The molecule has 0 radical (unpaired) electrons. The number of amides is 1. The molecule has 1 amide bonds. The minimum atomic E-state index is 0.108. The molecule has 0 bridgehead atoms. The van der Waals surface area contributed by atoms with Crippen molar-refractivity contribution in [2.45, 2.75) is 50.2 Å². The standard InChI is InChI=1S/C27H33N5O2S/c1-20(30-16-6-3-7-17-30)26-28-29-27(32(26)22-12-14-23(34-2)15-13-22)35-19-25(33)31-18-8-10-21-9-4-5-11-24(21)31/h4-5,9,11-15,20H,3,6-8,10,16-19H2,1-2H3. The van der Waals surface area contributed by atoms with Crippen LogP contribution in [0.3, 0.4) is 0 Å². The summed E-state index contributed by atoms with van der Waals surface area (Å²) in [6.07, 6.45) is 5.74. The third kappa shape index (κ3) is 5.09. The molecule has 1 unspecified atom stereocenters.